The molecule has 1 aromatic heterocycles. The van der Waals surface area contributed by atoms with E-state index in [9.17, 15) is 14.7 Å². The molecular formula is C14H12O6. The van der Waals surface area contributed by atoms with Crippen LogP contribution in [-0.2, 0) is 4.74 Å². The number of aldehydes is 1. The van der Waals surface area contributed by atoms with Crippen LogP contribution in [0.3, 0.4) is 0 Å². The van der Waals surface area contributed by atoms with E-state index in [4.69, 9.17) is 9.15 Å². The number of phenolic OH excluding ortho intramolecular Hbond substituents is 1. The number of phenols is 1. The lowest BCUT2D eigenvalue weighted by atomic mass is 10.1. The average Bonchev–Trinajstić information content (AvgIpc) is 2.95. The minimum absolute atomic E-state index is 0.104. The van der Waals surface area contributed by atoms with E-state index in [1.165, 1.54) is 38.5 Å². The van der Waals surface area contributed by atoms with Gasteiger partial charge < -0.3 is 19.0 Å². The van der Waals surface area contributed by atoms with Gasteiger partial charge in [-0.1, -0.05) is 0 Å². The second-order valence-corrected chi connectivity index (χ2v) is 3.89. The molecular weight excluding hydrogens is 264 g/mol. The molecule has 0 amide bonds. The number of carbonyl (C=O) groups is 2. The summed E-state index contributed by atoms with van der Waals surface area (Å²) in [5.74, 6) is -0.305. The van der Waals surface area contributed by atoms with Crippen molar-refractivity contribution in [2.24, 2.45) is 0 Å². The lowest BCUT2D eigenvalue weighted by molar-refractivity contribution is 0.0600. The maximum Gasteiger partial charge on any atom is 0.338 e. The fraction of sp³-hybridized carbons (Fsp3) is 0.143. The molecule has 0 fully saturated rings. The largest absolute Gasteiger partial charge is 0.504 e. The van der Waals surface area contributed by atoms with E-state index in [-0.39, 0.29) is 34.1 Å². The molecule has 6 nitrogen and oxygen atoms in total. The molecule has 6 heteroatoms. The zero-order chi connectivity index (χ0) is 14.7. The maximum atomic E-state index is 11.6. The molecule has 0 radical (unpaired) electrons. The molecule has 20 heavy (non-hydrogen) atoms. The summed E-state index contributed by atoms with van der Waals surface area (Å²) >= 11 is 0. The van der Waals surface area contributed by atoms with Crippen molar-refractivity contribution in [3.8, 4) is 22.8 Å². The van der Waals surface area contributed by atoms with Gasteiger partial charge in [-0.25, -0.2) is 4.79 Å². The third-order valence-electron chi connectivity index (χ3n) is 2.72. The Balaban J connectivity index is 2.61. The molecule has 0 aliphatic heterocycles. The summed E-state index contributed by atoms with van der Waals surface area (Å²) in [6.45, 7) is 0. The fourth-order valence-corrected chi connectivity index (χ4v) is 1.75. The number of methoxy groups -OCH3 is 2. The van der Waals surface area contributed by atoms with Crippen LogP contribution in [0.2, 0.25) is 0 Å². The van der Waals surface area contributed by atoms with Crippen molar-refractivity contribution in [2.45, 2.75) is 0 Å². The van der Waals surface area contributed by atoms with Crippen LogP contribution in [-0.4, -0.2) is 31.6 Å². The highest BCUT2D eigenvalue weighted by molar-refractivity contribution is 5.92. The first-order valence-electron chi connectivity index (χ1n) is 5.65. The van der Waals surface area contributed by atoms with Crippen LogP contribution >= 0.6 is 0 Å². The van der Waals surface area contributed by atoms with Crippen molar-refractivity contribution in [1.29, 1.82) is 0 Å². The van der Waals surface area contributed by atoms with Crippen LogP contribution in [0.25, 0.3) is 11.3 Å². The Morgan fingerprint density at radius 1 is 1.30 bits per heavy atom. The highest BCUT2D eigenvalue weighted by Crippen LogP contribution is 2.39. The van der Waals surface area contributed by atoms with E-state index >= 15 is 0 Å². The molecule has 0 aliphatic rings. The molecule has 0 spiro atoms. The third-order valence-corrected chi connectivity index (χ3v) is 2.72. The molecule has 2 aromatic rings. The minimum atomic E-state index is -0.577. The zero-order valence-electron chi connectivity index (χ0n) is 10.9. The molecule has 0 saturated heterocycles. The highest BCUT2D eigenvalue weighted by Gasteiger charge is 2.18. The minimum Gasteiger partial charge on any atom is -0.504 e. The normalized spacial score (nSPS) is 10.1. The Bertz CT molecular complexity index is 656. The van der Waals surface area contributed by atoms with E-state index in [1.54, 1.807) is 0 Å². The number of aromatic hydroxyl groups is 1. The first-order chi connectivity index (χ1) is 9.60. The number of furan rings is 1. The molecule has 0 atom stereocenters. The SMILES string of the molecule is COC(=O)c1cc(OC)c(O)c(-c2ccc(C=O)o2)c1. The van der Waals surface area contributed by atoms with Gasteiger partial charge in [0.05, 0.1) is 25.3 Å². The lowest BCUT2D eigenvalue weighted by Crippen LogP contribution is -2.02. The van der Waals surface area contributed by atoms with Crippen LogP contribution in [0, 0.1) is 0 Å². The van der Waals surface area contributed by atoms with Gasteiger partial charge >= 0.3 is 5.97 Å². The molecule has 1 heterocycles. The van der Waals surface area contributed by atoms with Gasteiger partial charge in [-0.3, -0.25) is 4.79 Å². The van der Waals surface area contributed by atoms with Gasteiger partial charge in [0.1, 0.15) is 5.76 Å². The standard InChI is InChI=1S/C14H12O6/c1-18-12-6-8(14(17)19-2)5-10(13(12)16)11-4-3-9(7-15)20-11/h3-7,16H,1-2H3. The van der Waals surface area contributed by atoms with Crippen LogP contribution in [0.4, 0.5) is 0 Å². The number of hydrogen-bond donors (Lipinski definition) is 1. The Hall–Kier alpha value is -2.76. The van der Waals surface area contributed by atoms with Crippen molar-refractivity contribution in [1.82, 2.24) is 0 Å². The third kappa shape index (κ3) is 2.35. The molecule has 2 rings (SSSR count). The Morgan fingerprint density at radius 2 is 2.05 bits per heavy atom. The summed E-state index contributed by atoms with van der Waals surface area (Å²) in [5, 5.41) is 10.1. The van der Waals surface area contributed by atoms with Crippen molar-refractivity contribution >= 4 is 12.3 Å². The van der Waals surface area contributed by atoms with Gasteiger partial charge in [0, 0.05) is 0 Å². The second-order valence-electron chi connectivity index (χ2n) is 3.89. The topological polar surface area (TPSA) is 86.0 Å². The summed E-state index contributed by atoms with van der Waals surface area (Å²) < 4.78 is 14.9. The first-order valence-corrected chi connectivity index (χ1v) is 5.65. The number of esters is 1. The fourth-order valence-electron chi connectivity index (χ4n) is 1.75. The Morgan fingerprint density at radius 3 is 2.60 bits per heavy atom. The lowest BCUT2D eigenvalue weighted by Gasteiger charge is -2.09. The van der Waals surface area contributed by atoms with Gasteiger partial charge in [0.25, 0.3) is 0 Å². The smallest absolute Gasteiger partial charge is 0.338 e. The van der Waals surface area contributed by atoms with Crippen LogP contribution in [0.15, 0.2) is 28.7 Å². The first kappa shape index (κ1) is 13.7. The van der Waals surface area contributed by atoms with Gasteiger partial charge in [-0.15, -0.1) is 0 Å². The molecule has 0 unspecified atom stereocenters. The van der Waals surface area contributed by atoms with Crippen molar-refractivity contribution in [3.63, 3.8) is 0 Å². The molecule has 0 bridgehead atoms. The van der Waals surface area contributed by atoms with Crippen LogP contribution < -0.4 is 4.74 Å². The Kier molecular flexibility index (Phi) is 3.74. The van der Waals surface area contributed by atoms with E-state index in [0.717, 1.165) is 0 Å². The Labute approximate surface area is 114 Å². The monoisotopic (exact) mass is 276 g/mol. The van der Waals surface area contributed by atoms with E-state index in [2.05, 4.69) is 4.74 Å². The summed E-state index contributed by atoms with van der Waals surface area (Å²) in [6, 6.07) is 5.73. The van der Waals surface area contributed by atoms with Crippen molar-refractivity contribution < 1.29 is 28.6 Å². The van der Waals surface area contributed by atoms with Gasteiger partial charge in [-0.2, -0.15) is 0 Å². The average molecular weight is 276 g/mol. The quantitative estimate of drug-likeness (QED) is 0.681. The number of ether oxygens (including phenoxy) is 2. The van der Waals surface area contributed by atoms with Gasteiger partial charge in [0.2, 0.25) is 0 Å². The van der Waals surface area contributed by atoms with Crippen LogP contribution in [0.1, 0.15) is 20.9 Å². The van der Waals surface area contributed by atoms with E-state index in [0.29, 0.717) is 6.29 Å². The molecule has 104 valence electrons. The van der Waals surface area contributed by atoms with Crippen molar-refractivity contribution in [2.75, 3.05) is 14.2 Å². The van der Waals surface area contributed by atoms with Crippen LogP contribution in [0.5, 0.6) is 11.5 Å². The number of rotatable bonds is 4. The number of hydrogen-bond acceptors (Lipinski definition) is 6. The molecule has 0 aliphatic carbocycles. The summed E-state index contributed by atoms with van der Waals surface area (Å²) in [6.07, 6.45) is 0.544. The predicted molar refractivity (Wildman–Crippen MR) is 69.1 cm³/mol. The summed E-state index contributed by atoms with van der Waals surface area (Å²) in [4.78, 5) is 22.2. The zero-order valence-corrected chi connectivity index (χ0v) is 10.9. The molecule has 1 aromatic carbocycles. The summed E-state index contributed by atoms with van der Waals surface area (Å²) in [5.41, 5.74) is 0.430. The molecule has 1 N–H and O–H groups in total. The predicted octanol–water partition coefficient (Wildman–Crippen LogP) is 2.26. The molecule has 0 saturated carbocycles. The number of carbonyl (C=O) groups excluding carboxylic acids is 2. The number of benzene rings is 1. The second kappa shape index (κ2) is 5.48. The van der Waals surface area contributed by atoms with E-state index in [1.807, 2.05) is 0 Å². The summed E-state index contributed by atoms with van der Waals surface area (Å²) in [7, 11) is 2.61. The van der Waals surface area contributed by atoms with Gasteiger partial charge in [0.15, 0.2) is 23.5 Å². The maximum absolute atomic E-state index is 11.6. The van der Waals surface area contributed by atoms with Gasteiger partial charge in [-0.05, 0) is 24.3 Å². The van der Waals surface area contributed by atoms with Crippen molar-refractivity contribution in [3.05, 3.63) is 35.6 Å². The highest BCUT2D eigenvalue weighted by atomic mass is 16.5. The van der Waals surface area contributed by atoms with E-state index < -0.39 is 5.97 Å².